The van der Waals surface area contributed by atoms with E-state index < -0.39 is 5.97 Å². The van der Waals surface area contributed by atoms with Gasteiger partial charge in [0.25, 0.3) is 0 Å². The van der Waals surface area contributed by atoms with Crippen LogP contribution in [0.4, 0.5) is 0 Å². The summed E-state index contributed by atoms with van der Waals surface area (Å²) in [5.74, 6) is -0.847. The molecule has 0 saturated carbocycles. The maximum absolute atomic E-state index is 9.98. The van der Waals surface area contributed by atoms with Gasteiger partial charge in [0.2, 0.25) is 0 Å². The Hall–Kier alpha value is -0.900. The van der Waals surface area contributed by atoms with E-state index in [1.807, 2.05) is 0 Å². The van der Waals surface area contributed by atoms with Crippen molar-refractivity contribution >= 4 is 12.3 Å². The molecule has 0 aliphatic carbocycles. The third-order valence-corrected chi connectivity index (χ3v) is 1.40. The van der Waals surface area contributed by atoms with E-state index in [9.17, 15) is 9.59 Å². The molecular formula is C6H8O4. The van der Waals surface area contributed by atoms with Gasteiger partial charge in [-0.25, -0.2) is 0 Å². The molecular weight excluding hydrogens is 136 g/mol. The molecule has 0 aromatic carbocycles. The van der Waals surface area contributed by atoms with E-state index >= 15 is 0 Å². The highest BCUT2D eigenvalue weighted by Crippen LogP contribution is 2.24. The largest absolute Gasteiger partial charge is 0.481 e. The van der Waals surface area contributed by atoms with Gasteiger partial charge in [0.05, 0.1) is 6.10 Å². The van der Waals surface area contributed by atoms with E-state index in [1.165, 1.54) is 0 Å². The molecule has 0 aromatic heterocycles. The molecule has 1 fully saturated rings. The highest BCUT2D eigenvalue weighted by Gasteiger charge is 2.38. The van der Waals surface area contributed by atoms with Crippen LogP contribution in [0.2, 0.25) is 0 Å². The fourth-order valence-electron chi connectivity index (χ4n) is 0.774. The van der Waals surface area contributed by atoms with Gasteiger partial charge in [-0.3, -0.25) is 4.79 Å². The molecule has 4 heteroatoms. The quantitative estimate of drug-likeness (QED) is 0.439. The van der Waals surface area contributed by atoms with Crippen LogP contribution >= 0.6 is 0 Å². The maximum atomic E-state index is 9.98. The number of aliphatic carboxylic acids is 1. The van der Waals surface area contributed by atoms with Crippen molar-refractivity contribution in [1.82, 2.24) is 0 Å². The lowest BCUT2D eigenvalue weighted by Gasteiger charge is -1.86. The molecule has 4 nitrogen and oxygen atoms in total. The first-order valence-electron chi connectivity index (χ1n) is 3.06. The number of carbonyl (C=O) groups is 2. The zero-order chi connectivity index (χ0) is 7.56. The summed E-state index contributed by atoms with van der Waals surface area (Å²) >= 11 is 0. The fourth-order valence-corrected chi connectivity index (χ4v) is 0.774. The number of aldehydes is 1. The van der Waals surface area contributed by atoms with Crippen LogP contribution in [0, 0.1) is 0 Å². The number of hydrogen-bond acceptors (Lipinski definition) is 3. The Bertz CT molecular complexity index is 154. The second-order valence-corrected chi connectivity index (χ2v) is 2.21. The van der Waals surface area contributed by atoms with Gasteiger partial charge in [-0.1, -0.05) is 0 Å². The predicted molar refractivity (Wildman–Crippen MR) is 31.6 cm³/mol. The predicted octanol–water partition coefficient (Wildman–Crippen LogP) is -0.182. The van der Waals surface area contributed by atoms with Gasteiger partial charge < -0.3 is 14.6 Å². The maximum Gasteiger partial charge on any atom is 0.303 e. The topological polar surface area (TPSA) is 66.9 Å². The Morgan fingerprint density at radius 2 is 2.40 bits per heavy atom. The summed E-state index contributed by atoms with van der Waals surface area (Å²) in [7, 11) is 0. The summed E-state index contributed by atoms with van der Waals surface area (Å²) in [5, 5.41) is 8.21. The van der Waals surface area contributed by atoms with Crippen LogP contribution in [0.15, 0.2) is 0 Å². The number of rotatable bonds is 4. The summed E-state index contributed by atoms with van der Waals surface area (Å²) in [6, 6.07) is 0. The van der Waals surface area contributed by atoms with Crippen LogP contribution in [-0.4, -0.2) is 29.6 Å². The molecule has 1 rings (SSSR count). The number of epoxide rings is 1. The molecule has 1 heterocycles. The van der Waals surface area contributed by atoms with Crippen LogP contribution in [-0.2, 0) is 14.3 Å². The smallest absolute Gasteiger partial charge is 0.303 e. The van der Waals surface area contributed by atoms with Gasteiger partial charge in [0, 0.05) is 6.42 Å². The van der Waals surface area contributed by atoms with Gasteiger partial charge >= 0.3 is 5.97 Å². The lowest BCUT2D eigenvalue weighted by molar-refractivity contribution is -0.137. The van der Waals surface area contributed by atoms with Gasteiger partial charge in [-0.05, 0) is 6.42 Å². The zero-order valence-electron chi connectivity index (χ0n) is 5.32. The lowest BCUT2D eigenvalue weighted by Crippen LogP contribution is -2.00. The highest BCUT2D eigenvalue weighted by molar-refractivity contribution is 5.67. The number of carboxylic acid groups (broad SMARTS) is 1. The van der Waals surface area contributed by atoms with E-state index in [2.05, 4.69) is 0 Å². The number of hydrogen-bond donors (Lipinski definition) is 1. The summed E-state index contributed by atoms with van der Waals surface area (Å²) < 4.78 is 4.79. The van der Waals surface area contributed by atoms with Crippen LogP contribution in [0.1, 0.15) is 12.8 Å². The lowest BCUT2D eigenvalue weighted by atomic mass is 10.2. The van der Waals surface area contributed by atoms with Crippen molar-refractivity contribution in [2.45, 2.75) is 25.0 Å². The molecule has 1 N–H and O–H groups in total. The third-order valence-electron chi connectivity index (χ3n) is 1.40. The standard InChI is InChI=1S/C6H8O4/c7-3-5-4(10-5)1-2-6(8)9/h3-5H,1-2H2,(H,8,9). The summed E-state index contributed by atoms with van der Waals surface area (Å²) in [6.45, 7) is 0. The third kappa shape index (κ3) is 1.80. The highest BCUT2D eigenvalue weighted by atomic mass is 16.6. The first-order valence-corrected chi connectivity index (χ1v) is 3.06. The Morgan fingerprint density at radius 1 is 1.70 bits per heavy atom. The van der Waals surface area contributed by atoms with E-state index in [-0.39, 0.29) is 18.6 Å². The van der Waals surface area contributed by atoms with Crippen molar-refractivity contribution in [3.8, 4) is 0 Å². The van der Waals surface area contributed by atoms with Gasteiger partial charge in [-0.15, -0.1) is 0 Å². The van der Waals surface area contributed by atoms with Crippen molar-refractivity contribution in [2.75, 3.05) is 0 Å². The van der Waals surface area contributed by atoms with Crippen molar-refractivity contribution < 1.29 is 19.4 Å². The molecule has 1 aliphatic rings. The minimum atomic E-state index is -0.847. The molecule has 0 bridgehead atoms. The second kappa shape index (κ2) is 2.79. The first-order chi connectivity index (χ1) is 4.74. The molecule has 56 valence electrons. The molecule has 10 heavy (non-hydrogen) atoms. The van der Waals surface area contributed by atoms with E-state index in [0.717, 1.165) is 0 Å². The number of carbonyl (C=O) groups excluding carboxylic acids is 1. The summed E-state index contributed by atoms with van der Waals surface area (Å²) in [4.78, 5) is 19.9. The zero-order valence-corrected chi connectivity index (χ0v) is 5.32. The SMILES string of the molecule is O=CC1OC1CCC(=O)O. The molecule has 1 aliphatic heterocycles. The van der Waals surface area contributed by atoms with Crippen molar-refractivity contribution in [3.63, 3.8) is 0 Å². The number of ether oxygens (including phenoxy) is 1. The van der Waals surface area contributed by atoms with Crippen molar-refractivity contribution in [2.24, 2.45) is 0 Å². The monoisotopic (exact) mass is 144 g/mol. The molecule has 0 aromatic rings. The summed E-state index contributed by atoms with van der Waals surface area (Å²) in [5.41, 5.74) is 0. The van der Waals surface area contributed by atoms with Gasteiger partial charge in [-0.2, -0.15) is 0 Å². The minimum Gasteiger partial charge on any atom is -0.481 e. The molecule has 2 atom stereocenters. The molecule has 2 unspecified atom stereocenters. The second-order valence-electron chi connectivity index (χ2n) is 2.21. The Kier molecular flexibility index (Phi) is 2.01. The van der Waals surface area contributed by atoms with Gasteiger partial charge in [0.1, 0.15) is 6.10 Å². The van der Waals surface area contributed by atoms with Gasteiger partial charge in [0.15, 0.2) is 6.29 Å². The fraction of sp³-hybridized carbons (Fsp3) is 0.667. The van der Waals surface area contributed by atoms with E-state index in [0.29, 0.717) is 12.7 Å². The Labute approximate surface area is 57.8 Å². The molecule has 0 amide bonds. The number of carboxylic acids is 1. The average Bonchev–Trinajstić information content (AvgIpc) is 2.61. The van der Waals surface area contributed by atoms with E-state index in [1.54, 1.807) is 0 Å². The minimum absolute atomic E-state index is 0.0784. The van der Waals surface area contributed by atoms with Crippen molar-refractivity contribution in [3.05, 3.63) is 0 Å². The first kappa shape index (κ1) is 7.21. The van der Waals surface area contributed by atoms with E-state index in [4.69, 9.17) is 9.84 Å². The molecule has 0 radical (unpaired) electrons. The van der Waals surface area contributed by atoms with Crippen LogP contribution in [0.5, 0.6) is 0 Å². The molecule has 1 saturated heterocycles. The van der Waals surface area contributed by atoms with Crippen LogP contribution in [0.25, 0.3) is 0 Å². The van der Waals surface area contributed by atoms with Crippen molar-refractivity contribution in [1.29, 1.82) is 0 Å². The molecule has 0 spiro atoms. The normalized spacial score (nSPS) is 29.6. The Balaban J connectivity index is 2.07. The average molecular weight is 144 g/mol. The van der Waals surface area contributed by atoms with Crippen LogP contribution < -0.4 is 0 Å². The summed E-state index contributed by atoms with van der Waals surface area (Å²) in [6.07, 6.45) is 0.758. The Morgan fingerprint density at radius 3 is 2.80 bits per heavy atom. The van der Waals surface area contributed by atoms with Crippen LogP contribution in [0.3, 0.4) is 0 Å².